The fourth-order valence-corrected chi connectivity index (χ4v) is 2.47. The zero-order chi connectivity index (χ0) is 16.2. The normalized spacial score (nSPS) is 10.5. The van der Waals surface area contributed by atoms with E-state index < -0.39 is 0 Å². The first-order valence-electron chi connectivity index (χ1n) is 7.33. The largest absolute Gasteiger partial charge is 0.338 e. The highest BCUT2D eigenvalue weighted by atomic mass is 16.2. The van der Waals surface area contributed by atoms with Gasteiger partial charge < -0.3 is 15.2 Å². The van der Waals surface area contributed by atoms with Crippen LogP contribution in [0.1, 0.15) is 6.92 Å². The van der Waals surface area contributed by atoms with Crippen molar-refractivity contribution in [1.82, 2.24) is 4.57 Å². The lowest BCUT2D eigenvalue weighted by Gasteiger charge is -2.08. The van der Waals surface area contributed by atoms with Crippen LogP contribution in [0.5, 0.6) is 0 Å². The first kappa shape index (κ1) is 14.8. The Kier molecular flexibility index (Phi) is 4.10. The van der Waals surface area contributed by atoms with Gasteiger partial charge in [-0.25, -0.2) is 0 Å². The first-order valence-corrected chi connectivity index (χ1v) is 7.33. The van der Waals surface area contributed by atoms with Gasteiger partial charge in [-0.2, -0.15) is 0 Å². The van der Waals surface area contributed by atoms with Crippen molar-refractivity contribution in [3.8, 4) is 0 Å². The smallest absolute Gasteiger partial charge is 0.244 e. The molecule has 0 fully saturated rings. The van der Waals surface area contributed by atoms with Crippen LogP contribution in [0.15, 0.2) is 60.8 Å². The SMILES string of the molecule is CC(=O)Nc1ccc(NC(=O)Cn2ccc3ccccc32)cc1. The van der Waals surface area contributed by atoms with E-state index in [1.54, 1.807) is 24.3 Å². The van der Waals surface area contributed by atoms with Gasteiger partial charge in [-0.05, 0) is 41.8 Å². The van der Waals surface area contributed by atoms with Crippen LogP contribution in [0.4, 0.5) is 11.4 Å². The number of benzene rings is 2. The molecule has 116 valence electrons. The number of amides is 2. The summed E-state index contributed by atoms with van der Waals surface area (Å²) in [6.07, 6.45) is 1.91. The quantitative estimate of drug-likeness (QED) is 0.777. The van der Waals surface area contributed by atoms with Gasteiger partial charge in [0.05, 0.1) is 0 Å². The molecule has 5 heteroatoms. The average Bonchev–Trinajstić information content (AvgIpc) is 2.92. The lowest BCUT2D eigenvalue weighted by Crippen LogP contribution is -2.18. The van der Waals surface area contributed by atoms with E-state index in [9.17, 15) is 9.59 Å². The van der Waals surface area contributed by atoms with Gasteiger partial charge >= 0.3 is 0 Å². The number of nitrogens with one attached hydrogen (secondary N) is 2. The minimum absolute atomic E-state index is 0.0985. The molecule has 0 saturated heterocycles. The van der Waals surface area contributed by atoms with Gasteiger partial charge in [0.2, 0.25) is 11.8 Å². The molecule has 2 amide bonds. The molecule has 5 nitrogen and oxygen atoms in total. The van der Waals surface area contributed by atoms with Crippen molar-refractivity contribution in [2.24, 2.45) is 0 Å². The van der Waals surface area contributed by atoms with E-state index in [4.69, 9.17) is 0 Å². The number of hydrogen-bond acceptors (Lipinski definition) is 2. The maximum absolute atomic E-state index is 12.2. The second-order valence-corrected chi connectivity index (χ2v) is 5.31. The molecule has 0 radical (unpaired) electrons. The molecule has 3 aromatic rings. The summed E-state index contributed by atoms with van der Waals surface area (Å²) in [5, 5.41) is 6.65. The van der Waals surface area contributed by atoms with Crippen molar-refractivity contribution in [3.05, 3.63) is 60.8 Å². The molecule has 0 atom stereocenters. The maximum Gasteiger partial charge on any atom is 0.244 e. The van der Waals surface area contributed by atoms with Crippen molar-refractivity contribution in [3.63, 3.8) is 0 Å². The van der Waals surface area contributed by atoms with Crippen molar-refractivity contribution in [1.29, 1.82) is 0 Å². The van der Waals surface area contributed by atoms with Gasteiger partial charge in [0.15, 0.2) is 0 Å². The van der Waals surface area contributed by atoms with E-state index in [0.29, 0.717) is 11.4 Å². The summed E-state index contributed by atoms with van der Waals surface area (Å²) in [5.74, 6) is -0.222. The molecule has 2 aromatic carbocycles. The van der Waals surface area contributed by atoms with Crippen molar-refractivity contribution >= 4 is 34.1 Å². The molecule has 0 aliphatic rings. The third kappa shape index (κ3) is 3.58. The highest BCUT2D eigenvalue weighted by Gasteiger charge is 2.06. The summed E-state index contributed by atoms with van der Waals surface area (Å²) >= 11 is 0. The van der Waals surface area contributed by atoms with Crippen molar-refractivity contribution in [2.45, 2.75) is 13.5 Å². The molecule has 0 aliphatic heterocycles. The van der Waals surface area contributed by atoms with Crippen LogP contribution in [0.25, 0.3) is 10.9 Å². The molecule has 0 unspecified atom stereocenters. The molecule has 1 heterocycles. The van der Waals surface area contributed by atoms with Gasteiger partial charge in [-0.3, -0.25) is 9.59 Å². The lowest BCUT2D eigenvalue weighted by atomic mass is 10.2. The molecule has 2 N–H and O–H groups in total. The number of hydrogen-bond donors (Lipinski definition) is 2. The molecular weight excluding hydrogens is 290 g/mol. The third-order valence-electron chi connectivity index (χ3n) is 3.48. The fourth-order valence-electron chi connectivity index (χ4n) is 2.47. The number of para-hydroxylation sites is 1. The summed E-state index contributed by atoms with van der Waals surface area (Å²) in [6, 6.07) is 17.0. The lowest BCUT2D eigenvalue weighted by molar-refractivity contribution is -0.116. The monoisotopic (exact) mass is 307 g/mol. The summed E-state index contributed by atoms with van der Waals surface area (Å²) in [6.45, 7) is 1.71. The van der Waals surface area contributed by atoms with E-state index in [0.717, 1.165) is 10.9 Å². The second kappa shape index (κ2) is 6.36. The second-order valence-electron chi connectivity index (χ2n) is 5.31. The summed E-state index contributed by atoms with van der Waals surface area (Å²) in [4.78, 5) is 23.2. The van der Waals surface area contributed by atoms with Gasteiger partial charge in [0, 0.05) is 30.0 Å². The van der Waals surface area contributed by atoms with Gasteiger partial charge in [0.25, 0.3) is 0 Å². The van der Waals surface area contributed by atoms with Crippen LogP contribution in [-0.2, 0) is 16.1 Å². The van der Waals surface area contributed by atoms with Crippen LogP contribution >= 0.6 is 0 Å². The number of carbonyl (C=O) groups excluding carboxylic acids is 2. The molecule has 23 heavy (non-hydrogen) atoms. The van der Waals surface area contributed by atoms with Crippen LogP contribution in [0.3, 0.4) is 0 Å². The molecule has 0 bridgehead atoms. The molecule has 0 spiro atoms. The summed E-state index contributed by atoms with van der Waals surface area (Å²) in [5.41, 5.74) is 2.43. The van der Waals surface area contributed by atoms with Crippen LogP contribution in [0.2, 0.25) is 0 Å². The summed E-state index contributed by atoms with van der Waals surface area (Å²) < 4.78 is 1.91. The third-order valence-corrected chi connectivity index (χ3v) is 3.48. The number of carbonyl (C=O) groups is 2. The predicted molar refractivity (Wildman–Crippen MR) is 91.3 cm³/mol. The van der Waals surface area contributed by atoms with E-state index in [1.807, 2.05) is 41.1 Å². The van der Waals surface area contributed by atoms with Crippen LogP contribution in [-0.4, -0.2) is 16.4 Å². The fraction of sp³-hybridized carbons (Fsp3) is 0.111. The Morgan fingerprint density at radius 1 is 0.913 bits per heavy atom. The minimum atomic E-state index is -0.124. The zero-order valence-corrected chi connectivity index (χ0v) is 12.7. The van der Waals surface area contributed by atoms with E-state index in [1.165, 1.54) is 6.92 Å². The number of fused-ring (bicyclic) bond motifs is 1. The first-order chi connectivity index (χ1) is 11.1. The van der Waals surface area contributed by atoms with Crippen molar-refractivity contribution in [2.75, 3.05) is 10.6 Å². The van der Waals surface area contributed by atoms with Crippen LogP contribution < -0.4 is 10.6 Å². The number of aromatic nitrogens is 1. The Labute approximate surface area is 133 Å². The number of anilines is 2. The van der Waals surface area contributed by atoms with Gasteiger partial charge in [-0.15, -0.1) is 0 Å². The standard InChI is InChI=1S/C18H17N3O2/c1-13(22)19-15-6-8-16(9-7-15)20-18(23)12-21-11-10-14-4-2-3-5-17(14)21/h2-11H,12H2,1H3,(H,19,22)(H,20,23). The number of nitrogens with zero attached hydrogens (tertiary/aromatic N) is 1. The maximum atomic E-state index is 12.2. The molecule has 0 saturated carbocycles. The van der Waals surface area contributed by atoms with Crippen molar-refractivity contribution < 1.29 is 9.59 Å². The Morgan fingerprint density at radius 3 is 2.26 bits per heavy atom. The van der Waals surface area contributed by atoms with E-state index >= 15 is 0 Å². The van der Waals surface area contributed by atoms with E-state index in [2.05, 4.69) is 10.6 Å². The molecule has 3 rings (SSSR count). The average molecular weight is 307 g/mol. The molecular formula is C18H17N3O2. The topological polar surface area (TPSA) is 63.1 Å². The Morgan fingerprint density at radius 2 is 1.57 bits per heavy atom. The minimum Gasteiger partial charge on any atom is -0.338 e. The number of rotatable bonds is 4. The Bertz CT molecular complexity index is 850. The highest BCUT2D eigenvalue weighted by Crippen LogP contribution is 2.16. The van der Waals surface area contributed by atoms with Gasteiger partial charge in [-0.1, -0.05) is 18.2 Å². The van der Waals surface area contributed by atoms with Gasteiger partial charge in [0.1, 0.15) is 6.54 Å². The zero-order valence-electron chi connectivity index (χ0n) is 12.7. The van der Waals surface area contributed by atoms with E-state index in [-0.39, 0.29) is 18.4 Å². The van der Waals surface area contributed by atoms with Crippen LogP contribution in [0, 0.1) is 0 Å². The molecule has 0 aliphatic carbocycles. The highest BCUT2D eigenvalue weighted by molar-refractivity contribution is 5.93. The predicted octanol–water partition coefficient (Wildman–Crippen LogP) is 3.24. The Hall–Kier alpha value is -3.08. The molecule has 1 aromatic heterocycles. The Balaban J connectivity index is 1.66. The summed E-state index contributed by atoms with van der Waals surface area (Å²) in [7, 11) is 0.